The van der Waals surface area contributed by atoms with Crippen molar-refractivity contribution in [1.29, 1.82) is 0 Å². The van der Waals surface area contributed by atoms with Gasteiger partial charge in [-0.2, -0.15) is 0 Å². The van der Waals surface area contributed by atoms with Crippen LogP contribution in [0, 0.1) is 0 Å². The first kappa shape index (κ1) is 11.8. The number of nitrogens with zero attached hydrogens (tertiary/aromatic N) is 1. The first-order valence-corrected chi connectivity index (χ1v) is 5.10. The Morgan fingerprint density at radius 3 is 2.42 bits per heavy atom. The van der Waals surface area contributed by atoms with Crippen LogP contribution in [0.5, 0.6) is 0 Å². The summed E-state index contributed by atoms with van der Waals surface area (Å²) < 4.78 is 10.8. The predicted molar refractivity (Wildman–Crippen MR) is 45.7 cm³/mol. The first-order chi connectivity index (χ1) is 5.43. The van der Waals surface area contributed by atoms with Crippen molar-refractivity contribution in [3.8, 4) is 0 Å². The molecule has 0 radical (unpaired) electrons. The van der Waals surface area contributed by atoms with Crippen molar-refractivity contribution in [3.63, 3.8) is 0 Å². The van der Waals surface area contributed by atoms with E-state index in [4.69, 9.17) is 14.9 Å². The fourth-order valence-electron chi connectivity index (χ4n) is 0.864. The Kier molecular flexibility index (Phi) is 4.67. The summed E-state index contributed by atoms with van der Waals surface area (Å²) in [6.07, 6.45) is 1.18. The quantitative estimate of drug-likeness (QED) is 0.411. The minimum Gasteiger partial charge on any atom is -0.395 e. The van der Waals surface area contributed by atoms with Gasteiger partial charge >= 0.3 is 7.60 Å². The third-order valence-electron chi connectivity index (χ3n) is 1.46. The van der Waals surface area contributed by atoms with Crippen LogP contribution in [0.15, 0.2) is 12.7 Å². The molecule has 0 aromatic carbocycles. The van der Waals surface area contributed by atoms with Gasteiger partial charge in [0, 0.05) is 6.54 Å². The molecule has 0 heterocycles. The lowest BCUT2D eigenvalue weighted by Crippen LogP contribution is -2.32. The van der Waals surface area contributed by atoms with Gasteiger partial charge in [0.2, 0.25) is 0 Å². The van der Waals surface area contributed by atoms with Crippen LogP contribution >= 0.6 is 7.60 Å². The molecular formula is C6H14NO4P. The van der Waals surface area contributed by atoms with E-state index >= 15 is 0 Å². The van der Waals surface area contributed by atoms with Crippen molar-refractivity contribution in [2.24, 2.45) is 0 Å². The monoisotopic (exact) mass is 195 g/mol. The minimum absolute atomic E-state index is 0.138. The van der Waals surface area contributed by atoms with Gasteiger partial charge in [0.05, 0.1) is 6.61 Å². The van der Waals surface area contributed by atoms with E-state index in [0.29, 0.717) is 0 Å². The number of hydrogen-bond donors (Lipinski definition) is 3. The van der Waals surface area contributed by atoms with Crippen LogP contribution in [0.4, 0.5) is 0 Å². The molecule has 0 saturated heterocycles. The standard InChI is InChI=1S/C6H14NO4P/c1-3-6(12(9,10)11)7(2)4-5-8/h3,6,8H,1,4-5H2,2H3,(H2,9,10,11). The van der Waals surface area contributed by atoms with Crippen LogP contribution in [0.1, 0.15) is 0 Å². The topological polar surface area (TPSA) is 81.0 Å². The van der Waals surface area contributed by atoms with Crippen LogP contribution in [0.3, 0.4) is 0 Å². The van der Waals surface area contributed by atoms with Crippen LogP contribution in [-0.4, -0.2) is 45.8 Å². The molecule has 1 atom stereocenters. The van der Waals surface area contributed by atoms with Crippen LogP contribution in [0.25, 0.3) is 0 Å². The van der Waals surface area contributed by atoms with Gasteiger partial charge in [0.15, 0.2) is 0 Å². The Morgan fingerprint density at radius 2 is 2.17 bits per heavy atom. The Morgan fingerprint density at radius 1 is 1.67 bits per heavy atom. The number of hydrogen-bond acceptors (Lipinski definition) is 3. The zero-order valence-electron chi connectivity index (χ0n) is 6.92. The molecule has 0 aliphatic heterocycles. The smallest absolute Gasteiger partial charge is 0.346 e. The van der Waals surface area contributed by atoms with Crippen LogP contribution in [0.2, 0.25) is 0 Å². The number of likely N-dealkylation sites (N-methyl/N-ethyl adjacent to an activating group) is 1. The maximum atomic E-state index is 10.8. The molecule has 0 bridgehead atoms. The molecule has 0 aliphatic carbocycles. The lowest BCUT2D eigenvalue weighted by Gasteiger charge is -2.24. The van der Waals surface area contributed by atoms with Gasteiger partial charge < -0.3 is 14.9 Å². The predicted octanol–water partition coefficient (Wildman–Crippen LogP) is -0.400. The second-order valence-electron chi connectivity index (χ2n) is 2.44. The second kappa shape index (κ2) is 4.74. The van der Waals surface area contributed by atoms with Gasteiger partial charge in [0.1, 0.15) is 5.78 Å². The van der Waals surface area contributed by atoms with Gasteiger partial charge in [-0.3, -0.25) is 9.46 Å². The Bertz CT molecular complexity index is 190. The molecular weight excluding hydrogens is 181 g/mol. The molecule has 0 rings (SSSR count). The molecule has 0 aromatic rings. The van der Waals surface area contributed by atoms with Gasteiger partial charge in [0.25, 0.3) is 0 Å². The normalized spacial score (nSPS) is 14.8. The molecule has 1 unspecified atom stereocenters. The molecule has 0 aromatic heterocycles. The van der Waals surface area contributed by atoms with Crippen molar-refractivity contribution in [2.45, 2.75) is 5.78 Å². The van der Waals surface area contributed by atoms with Crippen molar-refractivity contribution in [1.82, 2.24) is 4.90 Å². The van der Waals surface area contributed by atoms with Gasteiger partial charge in [-0.1, -0.05) is 6.08 Å². The molecule has 0 saturated carbocycles. The van der Waals surface area contributed by atoms with E-state index in [1.54, 1.807) is 0 Å². The summed E-state index contributed by atoms with van der Waals surface area (Å²) in [5.74, 6) is -1.01. The zero-order valence-corrected chi connectivity index (χ0v) is 7.81. The van der Waals surface area contributed by atoms with Gasteiger partial charge in [-0.15, -0.1) is 6.58 Å². The van der Waals surface area contributed by atoms with E-state index in [9.17, 15) is 4.57 Å². The zero-order chi connectivity index (χ0) is 9.78. The summed E-state index contributed by atoms with van der Waals surface area (Å²) in [4.78, 5) is 18.9. The maximum Gasteiger partial charge on any atom is 0.346 e. The van der Waals surface area contributed by atoms with E-state index in [1.807, 2.05) is 0 Å². The highest BCUT2D eigenvalue weighted by Crippen LogP contribution is 2.42. The molecule has 0 spiro atoms. The third-order valence-corrected chi connectivity index (χ3v) is 2.75. The summed E-state index contributed by atoms with van der Waals surface area (Å²) in [6.45, 7) is 3.39. The lowest BCUT2D eigenvalue weighted by atomic mass is 10.5. The maximum absolute atomic E-state index is 10.8. The molecule has 0 amide bonds. The minimum atomic E-state index is -4.16. The fourth-order valence-corrected chi connectivity index (χ4v) is 1.77. The van der Waals surface area contributed by atoms with E-state index in [1.165, 1.54) is 18.0 Å². The molecule has 12 heavy (non-hydrogen) atoms. The highest BCUT2D eigenvalue weighted by Gasteiger charge is 2.28. The Balaban J connectivity index is 4.35. The van der Waals surface area contributed by atoms with Crippen molar-refractivity contribution in [2.75, 3.05) is 20.2 Å². The molecule has 72 valence electrons. The number of aliphatic hydroxyl groups excluding tert-OH is 1. The van der Waals surface area contributed by atoms with Crippen molar-refractivity contribution >= 4 is 7.60 Å². The van der Waals surface area contributed by atoms with Gasteiger partial charge in [-0.05, 0) is 7.05 Å². The molecule has 6 heteroatoms. The fraction of sp³-hybridized carbons (Fsp3) is 0.667. The van der Waals surface area contributed by atoms with Crippen molar-refractivity contribution in [3.05, 3.63) is 12.7 Å². The molecule has 0 aliphatic rings. The average Bonchev–Trinajstić information content (AvgIpc) is 1.85. The average molecular weight is 195 g/mol. The van der Waals surface area contributed by atoms with Gasteiger partial charge in [-0.25, -0.2) is 0 Å². The molecule has 5 nitrogen and oxygen atoms in total. The lowest BCUT2D eigenvalue weighted by molar-refractivity contribution is 0.208. The summed E-state index contributed by atoms with van der Waals surface area (Å²) in [5.41, 5.74) is 0. The van der Waals surface area contributed by atoms with Crippen molar-refractivity contribution < 1.29 is 19.5 Å². The highest BCUT2D eigenvalue weighted by atomic mass is 31.2. The summed E-state index contributed by atoms with van der Waals surface area (Å²) >= 11 is 0. The van der Waals surface area contributed by atoms with E-state index in [0.717, 1.165) is 0 Å². The van der Waals surface area contributed by atoms with Crippen LogP contribution in [-0.2, 0) is 4.57 Å². The number of rotatable bonds is 5. The first-order valence-electron chi connectivity index (χ1n) is 3.42. The summed E-state index contributed by atoms with van der Waals surface area (Å²) in [5, 5.41) is 8.52. The molecule has 0 fully saturated rings. The summed E-state index contributed by atoms with van der Waals surface area (Å²) in [6, 6.07) is 0. The Hall–Kier alpha value is -0.190. The number of aliphatic hydroxyl groups is 1. The SMILES string of the molecule is C=CC(N(C)CCO)P(=O)(O)O. The third kappa shape index (κ3) is 3.47. The Labute approximate surface area is 71.5 Å². The van der Waals surface area contributed by atoms with E-state index < -0.39 is 13.4 Å². The molecule has 3 N–H and O–H groups in total. The second-order valence-corrected chi connectivity index (χ2v) is 4.15. The summed E-state index contributed by atoms with van der Waals surface area (Å²) in [7, 11) is -2.65. The van der Waals surface area contributed by atoms with Crippen LogP contribution < -0.4 is 0 Å². The van der Waals surface area contributed by atoms with E-state index in [2.05, 4.69) is 6.58 Å². The highest BCUT2D eigenvalue weighted by molar-refractivity contribution is 7.52. The largest absolute Gasteiger partial charge is 0.395 e. The van der Waals surface area contributed by atoms with E-state index in [-0.39, 0.29) is 13.2 Å².